The monoisotopic (exact) mass is 286 g/mol. The van der Waals surface area contributed by atoms with Crippen molar-refractivity contribution in [1.29, 1.82) is 0 Å². The van der Waals surface area contributed by atoms with Crippen LogP contribution in [0.2, 0.25) is 0 Å². The summed E-state index contributed by atoms with van der Waals surface area (Å²) < 4.78 is 5.37. The summed E-state index contributed by atoms with van der Waals surface area (Å²) in [6.45, 7) is 5.79. The zero-order valence-electron chi connectivity index (χ0n) is 12.3. The van der Waals surface area contributed by atoms with Gasteiger partial charge in [-0.2, -0.15) is 0 Å². The minimum Gasteiger partial charge on any atom is -0.435 e. The highest BCUT2D eigenvalue weighted by atomic mass is 16.4. The first-order valence-electron chi connectivity index (χ1n) is 6.77. The van der Waals surface area contributed by atoms with Crippen LogP contribution in [0.1, 0.15) is 30.0 Å². The summed E-state index contributed by atoms with van der Waals surface area (Å²) in [6.07, 6.45) is 0. The molecule has 2 rings (SSSR count). The Morgan fingerprint density at radius 2 is 2.00 bits per heavy atom. The van der Waals surface area contributed by atoms with Gasteiger partial charge in [0.1, 0.15) is 0 Å². The molecule has 1 aromatic heterocycles. The number of benzene rings is 1. The van der Waals surface area contributed by atoms with E-state index in [0.717, 1.165) is 11.3 Å². The molecular weight excluding hydrogens is 268 g/mol. The maximum Gasteiger partial charge on any atom is 0.294 e. The molecule has 1 N–H and O–H groups in total. The molecule has 0 saturated heterocycles. The van der Waals surface area contributed by atoms with Gasteiger partial charge in [0.25, 0.3) is 5.91 Å². The van der Waals surface area contributed by atoms with Gasteiger partial charge >= 0.3 is 0 Å². The maximum absolute atomic E-state index is 12.5. The van der Waals surface area contributed by atoms with Crippen molar-refractivity contribution < 1.29 is 14.0 Å². The average molecular weight is 286 g/mol. The number of carbonyl (C=O) groups is 2. The predicted molar refractivity (Wildman–Crippen MR) is 81.5 cm³/mol. The van der Waals surface area contributed by atoms with Crippen molar-refractivity contribution in [3.8, 4) is 0 Å². The molecule has 2 aromatic rings. The van der Waals surface area contributed by atoms with Gasteiger partial charge in [-0.25, -0.2) is 0 Å². The van der Waals surface area contributed by atoms with Crippen molar-refractivity contribution in [2.75, 3.05) is 16.8 Å². The van der Waals surface area contributed by atoms with Crippen LogP contribution < -0.4 is 10.2 Å². The summed E-state index contributed by atoms with van der Waals surface area (Å²) in [6, 6.07) is 10.8. The highest BCUT2D eigenvalue weighted by Gasteiger charge is 2.19. The number of hydrogen-bond donors (Lipinski definition) is 1. The van der Waals surface area contributed by atoms with Gasteiger partial charge in [0.2, 0.25) is 5.91 Å². The Balaban J connectivity index is 2.24. The second-order valence-electron chi connectivity index (χ2n) is 4.73. The van der Waals surface area contributed by atoms with Gasteiger partial charge in [-0.05, 0) is 37.6 Å². The number of furan rings is 1. The Labute approximate surface area is 123 Å². The Bertz CT molecular complexity index is 661. The summed E-state index contributed by atoms with van der Waals surface area (Å²) in [4.78, 5) is 25.1. The van der Waals surface area contributed by atoms with E-state index in [1.165, 1.54) is 6.92 Å². The van der Waals surface area contributed by atoms with Crippen LogP contribution in [0.3, 0.4) is 0 Å². The standard InChI is InChI=1S/C16H18N2O3/c1-4-18(13-7-5-6-11(2)10-13)16(20)14-8-9-15(21-14)17-12(3)19/h5-10H,4H2,1-3H3,(H,17,19). The summed E-state index contributed by atoms with van der Waals surface area (Å²) in [5.41, 5.74) is 1.90. The normalized spacial score (nSPS) is 10.2. The van der Waals surface area contributed by atoms with Gasteiger partial charge in [-0.3, -0.25) is 14.9 Å². The molecule has 1 aromatic carbocycles. The smallest absolute Gasteiger partial charge is 0.294 e. The molecule has 5 heteroatoms. The number of nitrogens with one attached hydrogen (secondary N) is 1. The number of nitrogens with zero attached hydrogens (tertiary/aromatic N) is 1. The van der Waals surface area contributed by atoms with Crippen LogP contribution in [-0.2, 0) is 4.79 Å². The second-order valence-corrected chi connectivity index (χ2v) is 4.73. The molecule has 0 fully saturated rings. The number of rotatable bonds is 4. The Kier molecular flexibility index (Phi) is 4.42. The van der Waals surface area contributed by atoms with Crippen LogP contribution in [0.5, 0.6) is 0 Å². The van der Waals surface area contributed by atoms with E-state index in [9.17, 15) is 9.59 Å². The summed E-state index contributed by atoms with van der Waals surface area (Å²) in [7, 11) is 0. The van der Waals surface area contributed by atoms with E-state index >= 15 is 0 Å². The molecule has 0 radical (unpaired) electrons. The van der Waals surface area contributed by atoms with Gasteiger partial charge in [0.15, 0.2) is 11.6 Å². The van der Waals surface area contributed by atoms with Crippen molar-refractivity contribution in [2.45, 2.75) is 20.8 Å². The molecule has 0 spiro atoms. The van der Waals surface area contributed by atoms with Gasteiger partial charge in [0.05, 0.1) is 0 Å². The summed E-state index contributed by atoms with van der Waals surface area (Å²) >= 11 is 0. The topological polar surface area (TPSA) is 62.6 Å². The quantitative estimate of drug-likeness (QED) is 0.938. The highest BCUT2D eigenvalue weighted by molar-refractivity contribution is 6.04. The van der Waals surface area contributed by atoms with Crippen molar-refractivity contribution in [1.82, 2.24) is 0 Å². The van der Waals surface area contributed by atoms with Crippen LogP contribution >= 0.6 is 0 Å². The maximum atomic E-state index is 12.5. The lowest BCUT2D eigenvalue weighted by Gasteiger charge is -2.20. The minimum atomic E-state index is -0.241. The molecule has 1 heterocycles. The van der Waals surface area contributed by atoms with E-state index in [0.29, 0.717) is 6.54 Å². The van der Waals surface area contributed by atoms with Gasteiger partial charge in [0, 0.05) is 25.2 Å². The van der Waals surface area contributed by atoms with E-state index in [1.54, 1.807) is 17.0 Å². The third-order valence-corrected chi connectivity index (χ3v) is 2.99. The lowest BCUT2D eigenvalue weighted by atomic mass is 10.2. The van der Waals surface area contributed by atoms with Crippen LogP contribution in [0.15, 0.2) is 40.8 Å². The molecule has 0 unspecified atom stereocenters. The lowest BCUT2D eigenvalue weighted by Crippen LogP contribution is -2.30. The first-order chi connectivity index (χ1) is 10.0. The molecule has 0 aliphatic rings. The van der Waals surface area contributed by atoms with Gasteiger partial charge in [-0.15, -0.1) is 0 Å². The highest BCUT2D eigenvalue weighted by Crippen LogP contribution is 2.21. The fourth-order valence-corrected chi connectivity index (χ4v) is 2.07. The van der Waals surface area contributed by atoms with Gasteiger partial charge < -0.3 is 9.32 Å². The van der Waals surface area contributed by atoms with Crippen molar-refractivity contribution in [3.05, 3.63) is 47.7 Å². The van der Waals surface area contributed by atoms with E-state index < -0.39 is 0 Å². The molecule has 5 nitrogen and oxygen atoms in total. The number of hydrogen-bond acceptors (Lipinski definition) is 3. The van der Waals surface area contributed by atoms with E-state index in [2.05, 4.69) is 5.32 Å². The average Bonchev–Trinajstić information content (AvgIpc) is 2.87. The lowest BCUT2D eigenvalue weighted by molar-refractivity contribution is -0.114. The Hall–Kier alpha value is -2.56. The Morgan fingerprint density at radius 3 is 2.62 bits per heavy atom. The largest absolute Gasteiger partial charge is 0.435 e. The first kappa shape index (κ1) is 14.8. The van der Waals surface area contributed by atoms with Crippen LogP contribution in [0.4, 0.5) is 11.6 Å². The number of aryl methyl sites for hydroxylation is 1. The summed E-state index contributed by atoms with van der Waals surface area (Å²) in [5.74, 6) is -0.0117. The third kappa shape index (κ3) is 3.51. The molecule has 2 amide bonds. The molecule has 0 saturated carbocycles. The minimum absolute atomic E-state index is 0.196. The van der Waals surface area contributed by atoms with Crippen LogP contribution in [0, 0.1) is 6.92 Å². The fraction of sp³-hybridized carbons (Fsp3) is 0.250. The number of carbonyl (C=O) groups excluding carboxylic acids is 2. The van der Waals surface area contributed by atoms with E-state index in [4.69, 9.17) is 4.42 Å². The molecule has 0 bridgehead atoms. The third-order valence-electron chi connectivity index (χ3n) is 2.99. The molecule has 21 heavy (non-hydrogen) atoms. The molecule has 0 atom stereocenters. The fourth-order valence-electron chi connectivity index (χ4n) is 2.07. The van der Waals surface area contributed by atoms with Gasteiger partial charge in [-0.1, -0.05) is 12.1 Å². The van der Waals surface area contributed by atoms with Crippen LogP contribution in [-0.4, -0.2) is 18.4 Å². The zero-order chi connectivity index (χ0) is 15.4. The molecule has 0 aliphatic heterocycles. The number of amides is 2. The predicted octanol–water partition coefficient (Wildman–Crippen LogP) is 3.21. The zero-order valence-corrected chi connectivity index (χ0v) is 12.3. The van der Waals surface area contributed by atoms with Crippen LogP contribution in [0.25, 0.3) is 0 Å². The SMILES string of the molecule is CCN(C(=O)c1ccc(NC(C)=O)o1)c1cccc(C)c1. The first-order valence-corrected chi connectivity index (χ1v) is 6.77. The van der Waals surface area contributed by atoms with E-state index in [1.807, 2.05) is 38.1 Å². The van der Waals surface area contributed by atoms with Crippen molar-refractivity contribution in [2.24, 2.45) is 0 Å². The van der Waals surface area contributed by atoms with Crippen molar-refractivity contribution in [3.63, 3.8) is 0 Å². The summed E-state index contributed by atoms with van der Waals surface area (Å²) in [5, 5.41) is 2.51. The molecule has 110 valence electrons. The molecule has 0 aliphatic carbocycles. The molecular formula is C16H18N2O3. The van der Waals surface area contributed by atoms with Crippen molar-refractivity contribution >= 4 is 23.4 Å². The Morgan fingerprint density at radius 1 is 1.24 bits per heavy atom. The second kappa shape index (κ2) is 6.26. The van der Waals surface area contributed by atoms with E-state index in [-0.39, 0.29) is 23.5 Å². The number of anilines is 2.